The molecule has 2 heterocycles. The molecule has 26 heavy (non-hydrogen) atoms. The molecule has 132 valence electrons. The molecular formula is C21H21N3O2. The minimum absolute atomic E-state index is 0.0741. The maximum Gasteiger partial charge on any atom is 0.232 e. The van der Waals surface area contributed by atoms with Crippen LogP contribution in [0.3, 0.4) is 0 Å². The van der Waals surface area contributed by atoms with E-state index in [9.17, 15) is 4.79 Å². The zero-order valence-corrected chi connectivity index (χ0v) is 15.2. The molecule has 1 saturated heterocycles. The lowest BCUT2D eigenvalue weighted by Gasteiger charge is -2.17. The second kappa shape index (κ2) is 6.41. The molecule has 0 spiro atoms. The van der Waals surface area contributed by atoms with Gasteiger partial charge in [-0.25, -0.2) is 0 Å². The smallest absolute Gasteiger partial charge is 0.232 e. The van der Waals surface area contributed by atoms with E-state index in [1.165, 1.54) is 5.56 Å². The van der Waals surface area contributed by atoms with Gasteiger partial charge in [-0.3, -0.25) is 4.79 Å². The highest BCUT2D eigenvalue weighted by molar-refractivity contribution is 5.96. The van der Waals surface area contributed by atoms with Crippen LogP contribution < -0.4 is 4.90 Å². The average Bonchev–Trinajstić information content (AvgIpc) is 3.21. The first-order chi connectivity index (χ1) is 12.5. The van der Waals surface area contributed by atoms with Crippen LogP contribution in [-0.4, -0.2) is 22.6 Å². The van der Waals surface area contributed by atoms with E-state index in [-0.39, 0.29) is 11.8 Å². The second-order valence-electron chi connectivity index (χ2n) is 7.07. The van der Waals surface area contributed by atoms with Crippen molar-refractivity contribution in [2.45, 2.75) is 33.1 Å². The highest BCUT2D eigenvalue weighted by Gasteiger charge is 2.35. The van der Waals surface area contributed by atoms with Gasteiger partial charge in [-0.1, -0.05) is 41.1 Å². The van der Waals surface area contributed by atoms with Crippen LogP contribution in [0.25, 0.3) is 11.4 Å². The van der Waals surface area contributed by atoms with Crippen LogP contribution >= 0.6 is 0 Å². The number of carbonyl (C=O) groups excluding carboxylic acids is 1. The largest absolute Gasteiger partial charge is 0.339 e. The molecule has 4 rings (SSSR count). The van der Waals surface area contributed by atoms with Crippen molar-refractivity contribution in [2.24, 2.45) is 0 Å². The van der Waals surface area contributed by atoms with Crippen molar-refractivity contribution in [1.29, 1.82) is 0 Å². The highest BCUT2D eigenvalue weighted by Crippen LogP contribution is 2.32. The number of nitrogens with zero attached hydrogens (tertiary/aromatic N) is 3. The summed E-state index contributed by atoms with van der Waals surface area (Å²) < 4.78 is 5.47. The zero-order chi connectivity index (χ0) is 18.3. The minimum atomic E-state index is -0.0741. The first-order valence-electron chi connectivity index (χ1n) is 8.79. The Morgan fingerprint density at radius 2 is 1.69 bits per heavy atom. The maximum absolute atomic E-state index is 12.5. The summed E-state index contributed by atoms with van der Waals surface area (Å²) in [6, 6.07) is 14.2. The molecule has 1 aromatic heterocycles. The maximum atomic E-state index is 12.5. The van der Waals surface area contributed by atoms with Gasteiger partial charge >= 0.3 is 0 Å². The first-order valence-corrected chi connectivity index (χ1v) is 8.79. The number of hydrogen-bond donors (Lipinski definition) is 0. The molecule has 0 radical (unpaired) electrons. The van der Waals surface area contributed by atoms with Crippen molar-refractivity contribution in [2.75, 3.05) is 11.4 Å². The lowest BCUT2D eigenvalue weighted by molar-refractivity contribution is -0.117. The van der Waals surface area contributed by atoms with Crippen LogP contribution in [0.5, 0.6) is 0 Å². The normalized spacial score (nSPS) is 17.1. The quantitative estimate of drug-likeness (QED) is 0.713. The number of aryl methyl sites for hydroxylation is 3. The summed E-state index contributed by atoms with van der Waals surface area (Å²) in [4.78, 5) is 18.9. The van der Waals surface area contributed by atoms with E-state index in [2.05, 4.69) is 16.2 Å². The predicted molar refractivity (Wildman–Crippen MR) is 100 cm³/mol. The van der Waals surface area contributed by atoms with Crippen LogP contribution in [0.15, 0.2) is 47.0 Å². The number of carbonyl (C=O) groups is 1. The number of benzene rings is 2. The van der Waals surface area contributed by atoms with Gasteiger partial charge < -0.3 is 9.42 Å². The van der Waals surface area contributed by atoms with E-state index in [1.807, 2.05) is 62.1 Å². The highest BCUT2D eigenvalue weighted by atomic mass is 16.5. The molecule has 0 saturated carbocycles. The van der Waals surface area contributed by atoms with Gasteiger partial charge in [0.25, 0.3) is 0 Å². The Hall–Kier alpha value is -2.95. The molecule has 2 aromatic carbocycles. The van der Waals surface area contributed by atoms with Crippen LogP contribution in [0.4, 0.5) is 5.69 Å². The minimum Gasteiger partial charge on any atom is -0.339 e. The molecule has 0 bridgehead atoms. The number of rotatable bonds is 3. The molecule has 1 aliphatic rings. The molecule has 1 atom stereocenters. The van der Waals surface area contributed by atoms with Crippen molar-refractivity contribution in [3.05, 3.63) is 65.0 Å². The van der Waals surface area contributed by atoms with Crippen molar-refractivity contribution in [1.82, 2.24) is 10.1 Å². The monoisotopic (exact) mass is 347 g/mol. The lowest BCUT2D eigenvalue weighted by Crippen LogP contribution is -2.24. The van der Waals surface area contributed by atoms with Gasteiger partial charge in [0.1, 0.15) is 0 Å². The van der Waals surface area contributed by atoms with E-state index in [0.717, 1.165) is 22.4 Å². The van der Waals surface area contributed by atoms with Crippen molar-refractivity contribution < 1.29 is 9.32 Å². The molecule has 1 fully saturated rings. The van der Waals surface area contributed by atoms with E-state index in [1.54, 1.807) is 0 Å². The summed E-state index contributed by atoms with van der Waals surface area (Å²) >= 11 is 0. The Morgan fingerprint density at radius 1 is 1.00 bits per heavy atom. The standard InChI is InChI=1S/C21H21N3O2/c1-13-4-6-16(7-5-13)20-22-21(26-23-20)17-11-19(25)24(12-17)18-9-14(2)8-15(3)10-18/h4-10,17H,11-12H2,1-3H3/t17-/m0/s1. The van der Waals surface area contributed by atoms with Gasteiger partial charge in [-0.2, -0.15) is 4.98 Å². The summed E-state index contributed by atoms with van der Waals surface area (Å²) in [6.07, 6.45) is 0.391. The van der Waals surface area contributed by atoms with E-state index in [4.69, 9.17) is 4.52 Å². The average molecular weight is 347 g/mol. The van der Waals surface area contributed by atoms with E-state index < -0.39 is 0 Å². The Morgan fingerprint density at radius 3 is 2.38 bits per heavy atom. The molecule has 5 nitrogen and oxygen atoms in total. The second-order valence-corrected chi connectivity index (χ2v) is 7.07. The third kappa shape index (κ3) is 3.12. The summed E-state index contributed by atoms with van der Waals surface area (Å²) in [5.74, 6) is 1.11. The van der Waals surface area contributed by atoms with Gasteiger partial charge in [-0.15, -0.1) is 0 Å². The van der Waals surface area contributed by atoms with Gasteiger partial charge in [-0.05, 0) is 44.0 Å². The number of anilines is 1. The Bertz CT molecular complexity index is 939. The molecular weight excluding hydrogens is 326 g/mol. The predicted octanol–water partition coefficient (Wildman–Crippen LogP) is 4.18. The topological polar surface area (TPSA) is 59.2 Å². The van der Waals surface area contributed by atoms with Crippen LogP contribution in [0, 0.1) is 20.8 Å². The van der Waals surface area contributed by atoms with E-state index >= 15 is 0 Å². The molecule has 1 amide bonds. The Balaban J connectivity index is 1.56. The molecule has 5 heteroatoms. The van der Waals surface area contributed by atoms with Crippen molar-refractivity contribution in [3.8, 4) is 11.4 Å². The third-order valence-corrected chi connectivity index (χ3v) is 4.74. The summed E-state index contributed by atoms with van der Waals surface area (Å²) in [5, 5.41) is 4.10. The Kier molecular flexibility index (Phi) is 4.07. The van der Waals surface area contributed by atoms with Crippen molar-refractivity contribution >= 4 is 11.6 Å². The fraction of sp³-hybridized carbons (Fsp3) is 0.286. The van der Waals surface area contributed by atoms with Gasteiger partial charge in [0.15, 0.2) is 0 Å². The number of amides is 1. The SMILES string of the molecule is Cc1ccc(-c2noc([C@H]3CC(=O)N(c4cc(C)cc(C)c4)C3)n2)cc1. The van der Waals surface area contributed by atoms with Crippen LogP contribution in [-0.2, 0) is 4.79 Å². The lowest BCUT2D eigenvalue weighted by atomic mass is 10.1. The molecule has 1 aliphatic heterocycles. The summed E-state index contributed by atoms with van der Waals surface area (Å²) in [7, 11) is 0. The van der Waals surface area contributed by atoms with Crippen LogP contribution in [0.1, 0.15) is 34.9 Å². The summed E-state index contributed by atoms with van der Waals surface area (Å²) in [6.45, 7) is 6.69. The third-order valence-electron chi connectivity index (χ3n) is 4.74. The number of hydrogen-bond acceptors (Lipinski definition) is 4. The first kappa shape index (κ1) is 16.5. The van der Waals surface area contributed by atoms with Crippen molar-refractivity contribution in [3.63, 3.8) is 0 Å². The fourth-order valence-electron chi connectivity index (χ4n) is 3.45. The zero-order valence-electron chi connectivity index (χ0n) is 15.2. The molecule has 0 N–H and O–H groups in total. The van der Waals surface area contributed by atoms with Gasteiger partial charge in [0.05, 0.1) is 5.92 Å². The number of aromatic nitrogens is 2. The fourth-order valence-corrected chi connectivity index (χ4v) is 3.45. The Labute approximate surface area is 152 Å². The molecule has 0 aliphatic carbocycles. The summed E-state index contributed by atoms with van der Waals surface area (Å²) in [5.41, 5.74) is 5.34. The van der Waals surface area contributed by atoms with Gasteiger partial charge in [0.2, 0.25) is 17.6 Å². The van der Waals surface area contributed by atoms with E-state index in [0.29, 0.717) is 24.7 Å². The molecule has 0 unspecified atom stereocenters. The molecule has 3 aromatic rings. The van der Waals surface area contributed by atoms with Crippen LogP contribution in [0.2, 0.25) is 0 Å². The van der Waals surface area contributed by atoms with Gasteiger partial charge in [0, 0.05) is 24.2 Å².